The van der Waals surface area contributed by atoms with Crippen molar-refractivity contribution in [2.24, 2.45) is 0 Å². The number of carbonyl (C=O) groups is 2. The van der Waals surface area contributed by atoms with Gasteiger partial charge in [-0.2, -0.15) is 0 Å². The number of ether oxygens (including phenoxy) is 3. The SMILES string of the molecule is CCCN(CCC)c1nc(-c2ccc(NC(=O)Oc3ccccc3)cc2)nc(C(=O)N2CCOCC2)c1OCC. The first-order chi connectivity index (χ1) is 19.5. The molecule has 0 unspecified atom stereocenters. The number of anilines is 2. The van der Waals surface area contributed by atoms with Crippen molar-refractivity contribution in [2.75, 3.05) is 56.2 Å². The zero-order chi connectivity index (χ0) is 28.3. The van der Waals surface area contributed by atoms with Gasteiger partial charge in [-0.25, -0.2) is 14.8 Å². The quantitative estimate of drug-likeness (QED) is 0.347. The summed E-state index contributed by atoms with van der Waals surface area (Å²) < 4.78 is 16.8. The van der Waals surface area contributed by atoms with Crippen LogP contribution in [0.4, 0.5) is 16.3 Å². The second-order valence-corrected chi connectivity index (χ2v) is 9.28. The summed E-state index contributed by atoms with van der Waals surface area (Å²) in [5, 5.41) is 2.73. The Labute approximate surface area is 235 Å². The van der Waals surface area contributed by atoms with Gasteiger partial charge in [-0.05, 0) is 56.2 Å². The molecule has 40 heavy (non-hydrogen) atoms. The van der Waals surface area contributed by atoms with Gasteiger partial charge in [0, 0.05) is 37.4 Å². The van der Waals surface area contributed by atoms with Crippen LogP contribution in [0.25, 0.3) is 11.4 Å². The van der Waals surface area contributed by atoms with Gasteiger partial charge in [0.05, 0.1) is 19.8 Å². The number of morpholine rings is 1. The smallest absolute Gasteiger partial charge is 0.417 e. The normalized spacial score (nSPS) is 13.0. The molecule has 1 aliphatic rings. The minimum atomic E-state index is -0.591. The van der Waals surface area contributed by atoms with E-state index >= 15 is 0 Å². The maximum atomic E-state index is 13.7. The maximum absolute atomic E-state index is 13.7. The van der Waals surface area contributed by atoms with Gasteiger partial charge in [0.1, 0.15) is 5.75 Å². The molecule has 1 aliphatic heterocycles. The molecule has 3 aromatic rings. The van der Waals surface area contributed by atoms with E-state index in [9.17, 15) is 9.59 Å². The summed E-state index contributed by atoms with van der Waals surface area (Å²) in [6.07, 6.45) is 1.24. The molecule has 0 aliphatic carbocycles. The van der Waals surface area contributed by atoms with E-state index in [4.69, 9.17) is 24.2 Å². The van der Waals surface area contributed by atoms with Gasteiger partial charge < -0.3 is 24.0 Å². The van der Waals surface area contributed by atoms with E-state index < -0.39 is 6.09 Å². The lowest BCUT2D eigenvalue weighted by Crippen LogP contribution is -2.41. The van der Waals surface area contributed by atoms with E-state index in [0.29, 0.717) is 67.3 Å². The van der Waals surface area contributed by atoms with Crippen molar-refractivity contribution in [3.8, 4) is 22.9 Å². The van der Waals surface area contributed by atoms with Crippen LogP contribution in [0.2, 0.25) is 0 Å². The van der Waals surface area contributed by atoms with E-state index in [1.54, 1.807) is 41.3 Å². The van der Waals surface area contributed by atoms with Crippen molar-refractivity contribution < 1.29 is 23.8 Å². The molecule has 1 N–H and O–H groups in total. The van der Waals surface area contributed by atoms with E-state index in [2.05, 4.69) is 24.1 Å². The van der Waals surface area contributed by atoms with E-state index in [1.165, 1.54) is 0 Å². The molecule has 0 spiro atoms. The van der Waals surface area contributed by atoms with Crippen molar-refractivity contribution in [2.45, 2.75) is 33.6 Å². The highest BCUT2D eigenvalue weighted by Gasteiger charge is 2.29. The number of amides is 2. The Bertz CT molecular complexity index is 1260. The number of carbonyl (C=O) groups excluding carboxylic acids is 2. The number of nitrogens with zero attached hydrogens (tertiary/aromatic N) is 4. The van der Waals surface area contributed by atoms with Gasteiger partial charge in [0.25, 0.3) is 5.91 Å². The fourth-order valence-corrected chi connectivity index (χ4v) is 4.43. The molecule has 0 atom stereocenters. The zero-order valence-electron chi connectivity index (χ0n) is 23.4. The van der Waals surface area contributed by atoms with Crippen molar-refractivity contribution in [1.29, 1.82) is 0 Å². The molecule has 0 saturated carbocycles. The summed E-state index contributed by atoms with van der Waals surface area (Å²) in [5.41, 5.74) is 1.50. The van der Waals surface area contributed by atoms with Crippen LogP contribution in [0.1, 0.15) is 44.1 Å². The molecule has 10 heteroatoms. The standard InChI is InChI=1S/C30H37N5O5/c1-4-16-34(17-5-2)28-26(39-6-3)25(29(36)35-18-20-38-21-19-35)32-27(33-28)22-12-14-23(15-13-22)31-30(37)40-24-10-8-7-9-11-24/h7-15H,4-6,16-21H2,1-3H3,(H,31,37). The Morgan fingerprint density at radius 3 is 2.25 bits per heavy atom. The van der Waals surface area contributed by atoms with Gasteiger partial charge in [-0.3, -0.25) is 10.1 Å². The molecule has 212 valence electrons. The van der Waals surface area contributed by atoms with E-state index in [-0.39, 0.29) is 11.6 Å². The topological polar surface area (TPSA) is 106 Å². The average molecular weight is 548 g/mol. The Hall–Kier alpha value is -4.18. The average Bonchev–Trinajstić information content (AvgIpc) is 2.98. The summed E-state index contributed by atoms with van der Waals surface area (Å²) in [6, 6.07) is 16.0. The highest BCUT2D eigenvalue weighted by atomic mass is 16.6. The number of hydrogen-bond acceptors (Lipinski definition) is 8. The first-order valence-corrected chi connectivity index (χ1v) is 13.8. The highest BCUT2D eigenvalue weighted by molar-refractivity contribution is 5.97. The second kappa shape index (κ2) is 14.3. The molecule has 1 aromatic heterocycles. The number of para-hydroxylation sites is 1. The number of aromatic nitrogens is 2. The van der Waals surface area contributed by atoms with Crippen LogP contribution in [-0.2, 0) is 4.74 Å². The Morgan fingerprint density at radius 1 is 0.950 bits per heavy atom. The summed E-state index contributed by atoms with van der Waals surface area (Å²) in [6.45, 7) is 9.98. The highest BCUT2D eigenvalue weighted by Crippen LogP contribution is 2.34. The minimum absolute atomic E-state index is 0.202. The van der Waals surface area contributed by atoms with Crippen LogP contribution < -0.4 is 19.7 Å². The van der Waals surface area contributed by atoms with Crippen molar-refractivity contribution in [1.82, 2.24) is 14.9 Å². The number of nitrogens with one attached hydrogen (secondary N) is 1. The van der Waals surface area contributed by atoms with Crippen LogP contribution >= 0.6 is 0 Å². The predicted octanol–water partition coefficient (Wildman–Crippen LogP) is 5.25. The number of benzene rings is 2. The van der Waals surface area contributed by atoms with Crippen LogP contribution in [-0.4, -0.2) is 72.9 Å². The first kappa shape index (κ1) is 28.8. The van der Waals surface area contributed by atoms with Gasteiger partial charge in [0.15, 0.2) is 23.1 Å². The predicted molar refractivity (Wildman–Crippen MR) is 154 cm³/mol. The molecule has 10 nitrogen and oxygen atoms in total. The molecule has 2 heterocycles. The third-order valence-corrected chi connectivity index (χ3v) is 6.27. The lowest BCUT2D eigenvalue weighted by molar-refractivity contribution is 0.0296. The molecule has 4 rings (SSSR count). The molecule has 2 aromatic carbocycles. The minimum Gasteiger partial charge on any atom is -0.488 e. The van der Waals surface area contributed by atoms with Crippen LogP contribution in [0.3, 0.4) is 0 Å². The molecule has 0 radical (unpaired) electrons. The molecule has 1 fully saturated rings. The monoisotopic (exact) mass is 547 g/mol. The third-order valence-electron chi connectivity index (χ3n) is 6.27. The summed E-state index contributed by atoms with van der Waals surface area (Å²) in [7, 11) is 0. The molecule has 1 saturated heterocycles. The third kappa shape index (κ3) is 7.26. The Morgan fingerprint density at radius 2 is 1.62 bits per heavy atom. The lowest BCUT2D eigenvalue weighted by atomic mass is 10.1. The Kier molecular flexibility index (Phi) is 10.3. The molecule has 2 amide bonds. The summed E-state index contributed by atoms with van der Waals surface area (Å²) >= 11 is 0. The summed E-state index contributed by atoms with van der Waals surface area (Å²) in [5.74, 6) is 1.68. The van der Waals surface area contributed by atoms with Gasteiger partial charge in [0.2, 0.25) is 0 Å². The molecule has 0 bridgehead atoms. The molecular formula is C30H37N5O5. The number of hydrogen-bond donors (Lipinski definition) is 1. The largest absolute Gasteiger partial charge is 0.488 e. The zero-order valence-corrected chi connectivity index (χ0v) is 23.4. The van der Waals surface area contributed by atoms with Gasteiger partial charge in [-0.1, -0.05) is 32.0 Å². The van der Waals surface area contributed by atoms with Crippen molar-refractivity contribution in [3.63, 3.8) is 0 Å². The van der Waals surface area contributed by atoms with Crippen molar-refractivity contribution >= 4 is 23.5 Å². The molecular weight excluding hydrogens is 510 g/mol. The fourth-order valence-electron chi connectivity index (χ4n) is 4.43. The van der Waals surface area contributed by atoms with E-state index in [0.717, 1.165) is 25.9 Å². The van der Waals surface area contributed by atoms with Crippen LogP contribution in [0, 0.1) is 0 Å². The van der Waals surface area contributed by atoms with Crippen molar-refractivity contribution in [3.05, 3.63) is 60.3 Å². The van der Waals surface area contributed by atoms with Gasteiger partial charge in [-0.15, -0.1) is 0 Å². The van der Waals surface area contributed by atoms with Crippen LogP contribution in [0.15, 0.2) is 54.6 Å². The van der Waals surface area contributed by atoms with E-state index in [1.807, 2.05) is 25.1 Å². The first-order valence-electron chi connectivity index (χ1n) is 13.8. The maximum Gasteiger partial charge on any atom is 0.417 e. The fraction of sp³-hybridized carbons (Fsp3) is 0.400. The Balaban J connectivity index is 1.68. The van der Waals surface area contributed by atoms with Gasteiger partial charge >= 0.3 is 6.09 Å². The second-order valence-electron chi connectivity index (χ2n) is 9.28. The van der Waals surface area contributed by atoms with Crippen LogP contribution in [0.5, 0.6) is 11.5 Å². The lowest BCUT2D eigenvalue weighted by Gasteiger charge is -2.29. The summed E-state index contributed by atoms with van der Waals surface area (Å²) in [4.78, 5) is 39.6. The number of rotatable bonds is 11.